The van der Waals surface area contributed by atoms with E-state index in [1.54, 1.807) is 29.8 Å². The number of anilines is 2. The van der Waals surface area contributed by atoms with Crippen LogP contribution in [-0.2, 0) is 11.8 Å². The summed E-state index contributed by atoms with van der Waals surface area (Å²) in [6.45, 7) is 2.18. The fraction of sp³-hybridized carbons (Fsp3) is 0.286. The zero-order chi connectivity index (χ0) is 20.2. The average molecular weight is 412 g/mol. The smallest absolute Gasteiger partial charge is 0.234 e. The first-order chi connectivity index (χ1) is 14.1. The van der Waals surface area contributed by atoms with Gasteiger partial charge >= 0.3 is 0 Å². The molecule has 0 bridgehead atoms. The van der Waals surface area contributed by atoms with Gasteiger partial charge < -0.3 is 14.8 Å². The fourth-order valence-corrected chi connectivity index (χ4v) is 4.09. The first-order valence-corrected chi connectivity index (χ1v) is 10.5. The van der Waals surface area contributed by atoms with Gasteiger partial charge in [-0.1, -0.05) is 23.9 Å². The lowest BCUT2D eigenvalue weighted by atomic mass is 10.2. The molecule has 1 fully saturated rings. The van der Waals surface area contributed by atoms with Crippen LogP contribution < -0.4 is 10.2 Å². The van der Waals surface area contributed by atoms with Crippen LogP contribution in [0.2, 0.25) is 0 Å². The van der Waals surface area contributed by atoms with Crippen LogP contribution in [-0.4, -0.2) is 39.5 Å². The monoisotopic (exact) mass is 411 g/mol. The summed E-state index contributed by atoms with van der Waals surface area (Å²) in [4.78, 5) is 14.7. The van der Waals surface area contributed by atoms with Crippen molar-refractivity contribution in [3.05, 3.63) is 54.3 Å². The Morgan fingerprint density at radius 1 is 1.10 bits per heavy atom. The van der Waals surface area contributed by atoms with Crippen molar-refractivity contribution in [2.75, 3.05) is 29.1 Å². The molecular weight excluding hydrogens is 389 g/mol. The Bertz CT molecular complexity index is 999. The van der Waals surface area contributed by atoms with Crippen LogP contribution >= 0.6 is 11.8 Å². The number of nitrogens with one attached hydrogen (secondary N) is 1. The molecule has 1 aliphatic rings. The molecule has 150 valence electrons. The third kappa shape index (κ3) is 4.42. The van der Waals surface area contributed by atoms with E-state index in [0.717, 1.165) is 18.8 Å². The molecule has 2 heterocycles. The molecule has 6 nitrogen and oxygen atoms in total. The molecule has 1 N–H and O–H groups in total. The number of carbonyl (C=O) groups excluding carboxylic acids is 1. The van der Waals surface area contributed by atoms with Gasteiger partial charge in [-0.2, -0.15) is 0 Å². The highest BCUT2D eigenvalue weighted by molar-refractivity contribution is 7.99. The fourth-order valence-electron chi connectivity index (χ4n) is 3.38. The van der Waals surface area contributed by atoms with Gasteiger partial charge in [0.05, 0.1) is 11.3 Å². The molecule has 4 rings (SSSR count). The lowest BCUT2D eigenvalue weighted by Gasteiger charge is -2.17. The number of halogens is 1. The van der Waals surface area contributed by atoms with E-state index < -0.39 is 0 Å². The second kappa shape index (κ2) is 8.65. The van der Waals surface area contributed by atoms with Crippen LogP contribution in [0.15, 0.2) is 53.7 Å². The molecular formula is C21H22FN5OS. The Kier molecular flexibility index (Phi) is 5.80. The molecule has 0 atom stereocenters. The van der Waals surface area contributed by atoms with Gasteiger partial charge in [0.25, 0.3) is 0 Å². The normalized spacial score (nSPS) is 13.7. The molecule has 8 heteroatoms. The second-order valence-electron chi connectivity index (χ2n) is 6.92. The van der Waals surface area contributed by atoms with Gasteiger partial charge in [-0.25, -0.2) is 4.39 Å². The van der Waals surface area contributed by atoms with Crippen LogP contribution in [0.4, 0.5) is 15.8 Å². The standard InChI is InChI=1S/C21H22FN5OS/c1-26-20(17-6-2-3-7-18(17)22)24-25-21(26)29-14-19(28)23-15-8-10-16(11-9-15)27-12-4-5-13-27/h2-3,6-11H,4-5,12-14H2,1H3,(H,23,28). The summed E-state index contributed by atoms with van der Waals surface area (Å²) >= 11 is 1.27. The van der Waals surface area contributed by atoms with Crippen molar-refractivity contribution < 1.29 is 9.18 Å². The molecule has 1 aromatic heterocycles. The molecule has 3 aromatic rings. The third-order valence-corrected chi connectivity index (χ3v) is 5.92. The minimum Gasteiger partial charge on any atom is -0.372 e. The number of hydrogen-bond donors (Lipinski definition) is 1. The van der Waals surface area contributed by atoms with Crippen molar-refractivity contribution in [3.8, 4) is 11.4 Å². The molecule has 1 aliphatic heterocycles. The first kappa shape index (κ1) is 19.4. The van der Waals surface area contributed by atoms with Gasteiger partial charge in [-0.3, -0.25) is 4.79 Å². The van der Waals surface area contributed by atoms with E-state index in [4.69, 9.17) is 0 Å². The van der Waals surface area contributed by atoms with Crippen LogP contribution in [0.3, 0.4) is 0 Å². The largest absolute Gasteiger partial charge is 0.372 e. The van der Waals surface area contributed by atoms with Crippen LogP contribution in [0.1, 0.15) is 12.8 Å². The number of amides is 1. The topological polar surface area (TPSA) is 63.1 Å². The van der Waals surface area contributed by atoms with Crippen molar-refractivity contribution in [2.45, 2.75) is 18.0 Å². The number of nitrogens with zero attached hydrogens (tertiary/aromatic N) is 4. The zero-order valence-corrected chi connectivity index (χ0v) is 17.0. The minimum atomic E-state index is -0.352. The maximum absolute atomic E-state index is 14.0. The SMILES string of the molecule is Cn1c(SCC(=O)Nc2ccc(N3CCCC3)cc2)nnc1-c1ccccc1F. The number of rotatable bonds is 6. The molecule has 0 unspecified atom stereocenters. The summed E-state index contributed by atoms with van der Waals surface area (Å²) in [6.07, 6.45) is 2.47. The second-order valence-corrected chi connectivity index (χ2v) is 7.87. The van der Waals surface area contributed by atoms with E-state index >= 15 is 0 Å². The summed E-state index contributed by atoms with van der Waals surface area (Å²) < 4.78 is 15.7. The number of aromatic nitrogens is 3. The Morgan fingerprint density at radius 3 is 2.55 bits per heavy atom. The number of hydrogen-bond acceptors (Lipinski definition) is 5. The summed E-state index contributed by atoms with van der Waals surface area (Å²) in [7, 11) is 1.76. The van der Waals surface area contributed by atoms with Crippen LogP contribution in [0, 0.1) is 5.82 Å². The molecule has 1 amide bonds. The number of thioether (sulfide) groups is 1. The predicted octanol–water partition coefficient (Wildman–Crippen LogP) is 3.95. The van der Waals surface area contributed by atoms with Gasteiger partial charge in [0.2, 0.25) is 5.91 Å². The van der Waals surface area contributed by atoms with Crippen molar-refractivity contribution >= 4 is 29.0 Å². The van der Waals surface area contributed by atoms with Gasteiger partial charge in [0.1, 0.15) is 5.82 Å². The summed E-state index contributed by atoms with van der Waals surface area (Å²) in [6, 6.07) is 14.4. The van der Waals surface area contributed by atoms with E-state index in [1.807, 2.05) is 24.3 Å². The van der Waals surface area contributed by atoms with Gasteiger partial charge in [-0.15, -0.1) is 10.2 Å². The minimum absolute atomic E-state index is 0.126. The summed E-state index contributed by atoms with van der Waals surface area (Å²) in [5.41, 5.74) is 2.34. The van der Waals surface area contributed by atoms with E-state index in [9.17, 15) is 9.18 Å². The van der Waals surface area contributed by atoms with Gasteiger partial charge in [-0.05, 0) is 49.2 Å². The third-order valence-electron chi connectivity index (χ3n) is 4.90. The number of carbonyl (C=O) groups is 1. The summed E-state index contributed by atoms with van der Waals surface area (Å²) in [5, 5.41) is 11.6. The molecule has 0 saturated carbocycles. The van der Waals surface area contributed by atoms with E-state index in [1.165, 1.54) is 36.4 Å². The van der Waals surface area contributed by atoms with Gasteiger partial charge in [0.15, 0.2) is 11.0 Å². The highest BCUT2D eigenvalue weighted by Crippen LogP contribution is 2.25. The van der Waals surface area contributed by atoms with Crippen LogP contribution in [0.5, 0.6) is 0 Å². The van der Waals surface area contributed by atoms with E-state index in [2.05, 4.69) is 20.4 Å². The van der Waals surface area contributed by atoms with Crippen molar-refractivity contribution in [1.29, 1.82) is 0 Å². The lowest BCUT2D eigenvalue weighted by Crippen LogP contribution is -2.18. The van der Waals surface area contributed by atoms with Crippen molar-refractivity contribution in [3.63, 3.8) is 0 Å². The highest BCUT2D eigenvalue weighted by atomic mass is 32.2. The maximum atomic E-state index is 14.0. The molecule has 29 heavy (non-hydrogen) atoms. The average Bonchev–Trinajstić information content (AvgIpc) is 3.38. The first-order valence-electron chi connectivity index (χ1n) is 9.54. The highest BCUT2D eigenvalue weighted by Gasteiger charge is 2.16. The van der Waals surface area contributed by atoms with Crippen molar-refractivity contribution in [1.82, 2.24) is 14.8 Å². The molecule has 0 radical (unpaired) electrons. The number of benzene rings is 2. The Balaban J connectivity index is 1.35. The molecule has 0 spiro atoms. The van der Waals surface area contributed by atoms with Crippen molar-refractivity contribution in [2.24, 2.45) is 7.05 Å². The van der Waals surface area contributed by atoms with Crippen LogP contribution in [0.25, 0.3) is 11.4 Å². The Hall–Kier alpha value is -2.87. The van der Waals surface area contributed by atoms with Gasteiger partial charge in [0, 0.05) is 31.5 Å². The molecule has 0 aliphatic carbocycles. The van der Waals surface area contributed by atoms with E-state index in [0.29, 0.717) is 16.5 Å². The van der Waals surface area contributed by atoms with E-state index in [-0.39, 0.29) is 17.5 Å². The Labute approximate surface area is 173 Å². The lowest BCUT2D eigenvalue weighted by molar-refractivity contribution is -0.113. The molecule has 1 saturated heterocycles. The quantitative estimate of drug-likeness (QED) is 0.622. The zero-order valence-electron chi connectivity index (χ0n) is 16.1. The Morgan fingerprint density at radius 2 is 1.83 bits per heavy atom. The summed E-state index contributed by atoms with van der Waals surface area (Å²) in [5.74, 6) is 0.148. The maximum Gasteiger partial charge on any atom is 0.234 e. The molecule has 2 aromatic carbocycles. The predicted molar refractivity (Wildman–Crippen MR) is 114 cm³/mol.